The van der Waals surface area contributed by atoms with Gasteiger partial charge in [-0.25, -0.2) is 0 Å². The van der Waals surface area contributed by atoms with Crippen LogP contribution in [0.4, 0.5) is 0 Å². The molecule has 5 heteroatoms. The van der Waals surface area contributed by atoms with E-state index in [1.807, 2.05) is 24.3 Å². The Bertz CT molecular complexity index is 2480. The largest absolute Gasteiger partial charge is 4.00 e. The van der Waals surface area contributed by atoms with E-state index in [2.05, 4.69) is 146 Å². The molecule has 0 saturated carbocycles. The van der Waals surface area contributed by atoms with Gasteiger partial charge in [0.2, 0.25) is 0 Å². The van der Waals surface area contributed by atoms with Gasteiger partial charge in [0.1, 0.15) is 0 Å². The predicted molar refractivity (Wildman–Crippen MR) is 200 cm³/mol. The van der Waals surface area contributed by atoms with Crippen LogP contribution in [-0.2, 0) is 25.8 Å². The summed E-state index contributed by atoms with van der Waals surface area (Å²) in [5, 5.41) is 10.1. The SMILES string of the molecule is [Cl-].[Cl-].[Hf+4].c1coc(-c2[cH-]c3ccccc3c2-c2cccc3ccccc23)c1.c1coc(-c2[cH-]c3ccccc3c2-c2cccc3ccccc23)c1. The number of benzene rings is 6. The van der Waals surface area contributed by atoms with Gasteiger partial charge in [-0.05, 0) is 33.7 Å². The zero-order chi connectivity index (χ0) is 31.9. The second kappa shape index (κ2) is 15.5. The molecule has 0 amide bonds. The minimum Gasteiger partial charge on any atom is -1.00 e. The van der Waals surface area contributed by atoms with Gasteiger partial charge < -0.3 is 33.6 Å². The molecule has 10 rings (SSSR count). The van der Waals surface area contributed by atoms with Crippen molar-refractivity contribution in [2.24, 2.45) is 0 Å². The van der Waals surface area contributed by atoms with Gasteiger partial charge in [-0.2, -0.15) is 0 Å². The van der Waals surface area contributed by atoms with E-state index in [1.165, 1.54) is 65.3 Å². The third-order valence-electron chi connectivity index (χ3n) is 9.29. The van der Waals surface area contributed by atoms with E-state index in [1.54, 1.807) is 12.5 Å². The zero-order valence-corrected chi connectivity index (χ0v) is 32.5. The molecule has 0 bridgehead atoms. The van der Waals surface area contributed by atoms with E-state index in [9.17, 15) is 0 Å². The van der Waals surface area contributed by atoms with Crippen LogP contribution < -0.4 is 24.8 Å². The van der Waals surface area contributed by atoms with Gasteiger partial charge in [0.05, 0.1) is 24.0 Å². The van der Waals surface area contributed by atoms with Crippen LogP contribution in [0, 0.1) is 0 Å². The van der Waals surface area contributed by atoms with Crippen molar-refractivity contribution in [1.82, 2.24) is 0 Å². The van der Waals surface area contributed by atoms with E-state index in [4.69, 9.17) is 8.83 Å². The Balaban J connectivity index is 0.000000166. The van der Waals surface area contributed by atoms with Crippen LogP contribution in [0.15, 0.2) is 191 Å². The molecule has 0 aliphatic rings. The van der Waals surface area contributed by atoms with Crippen LogP contribution in [0.2, 0.25) is 0 Å². The predicted octanol–water partition coefficient (Wildman–Crippen LogP) is 7.28. The van der Waals surface area contributed by atoms with E-state index >= 15 is 0 Å². The van der Waals surface area contributed by atoms with Gasteiger partial charge in [-0.3, -0.25) is 0 Å². The van der Waals surface area contributed by atoms with Crippen molar-refractivity contribution in [3.05, 3.63) is 182 Å². The number of hydrogen-bond acceptors (Lipinski definition) is 2. The molecule has 0 saturated heterocycles. The van der Waals surface area contributed by atoms with Crippen LogP contribution in [0.3, 0.4) is 0 Å². The summed E-state index contributed by atoms with van der Waals surface area (Å²) < 4.78 is 11.4. The monoisotopic (exact) mass is 864 g/mol. The van der Waals surface area contributed by atoms with E-state index < -0.39 is 0 Å². The Labute approximate surface area is 327 Å². The van der Waals surface area contributed by atoms with E-state index in [-0.39, 0.29) is 50.7 Å². The molecule has 2 heterocycles. The second-order valence-corrected chi connectivity index (χ2v) is 12.0. The molecule has 2 nitrogen and oxygen atoms in total. The first-order valence-electron chi connectivity index (χ1n) is 16.2. The molecule has 0 fully saturated rings. The topological polar surface area (TPSA) is 26.3 Å². The number of hydrogen-bond donors (Lipinski definition) is 0. The molecule has 0 spiro atoms. The summed E-state index contributed by atoms with van der Waals surface area (Å²) in [6.07, 6.45) is 3.47. The summed E-state index contributed by atoms with van der Waals surface area (Å²) in [5.74, 6) is 1.82. The van der Waals surface area contributed by atoms with E-state index in [0.717, 1.165) is 22.6 Å². The Kier molecular flexibility index (Phi) is 10.9. The van der Waals surface area contributed by atoms with Crippen molar-refractivity contribution in [1.29, 1.82) is 0 Å². The Hall–Kier alpha value is -4.93. The van der Waals surface area contributed by atoms with Gasteiger partial charge >= 0.3 is 25.8 Å². The van der Waals surface area contributed by atoms with Crippen molar-refractivity contribution in [2.75, 3.05) is 0 Å². The van der Waals surface area contributed by atoms with Gasteiger partial charge in [0.25, 0.3) is 0 Å². The van der Waals surface area contributed by atoms with Crippen LogP contribution in [0.25, 0.3) is 88.0 Å². The summed E-state index contributed by atoms with van der Waals surface area (Å²) >= 11 is 0. The third-order valence-corrected chi connectivity index (χ3v) is 9.29. The fraction of sp³-hybridized carbons (Fsp3) is 0. The smallest absolute Gasteiger partial charge is 1.00 e. The van der Waals surface area contributed by atoms with Crippen molar-refractivity contribution in [3.63, 3.8) is 0 Å². The second-order valence-electron chi connectivity index (χ2n) is 12.0. The fourth-order valence-electron chi connectivity index (χ4n) is 7.17. The van der Waals surface area contributed by atoms with Crippen LogP contribution in [0.1, 0.15) is 0 Å². The van der Waals surface area contributed by atoms with Crippen LogP contribution >= 0.6 is 0 Å². The molecule has 0 unspecified atom stereocenters. The molecule has 0 aliphatic carbocycles. The molecular formula is C46H30Cl2HfO2. The number of furan rings is 2. The summed E-state index contributed by atoms with van der Waals surface area (Å²) in [6.45, 7) is 0. The fourth-order valence-corrected chi connectivity index (χ4v) is 7.17. The quantitative estimate of drug-likeness (QED) is 0.138. The Morgan fingerprint density at radius 2 is 0.725 bits per heavy atom. The van der Waals surface area contributed by atoms with Crippen molar-refractivity contribution in [2.45, 2.75) is 0 Å². The summed E-state index contributed by atoms with van der Waals surface area (Å²) in [5.41, 5.74) is 7.30. The molecule has 10 aromatic rings. The molecule has 2 aromatic heterocycles. The molecular weight excluding hydrogens is 834 g/mol. The van der Waals surface area contributed by atoms with Crippen molar-refractivity contribution < 1.29 is 59.5 Å². The normalized spacial score (nSPS) is 10.7. The Morgan fingerprint density at radius 3 is 1.14 bits per heavy atom. The molecule has 0 aliphatic heterocycles. The van der Waals surface area contributed by atoms with Gasteiger partial charge in [-0.1, -0.05) is 167 Å². The van der Waals surface area contributed by atoms with Gasteiger partial charge in [0.15, 0.2) is 0 Å². The molecule has 0 radical (unpaired) electrons. The first-order chi connectivity index (χ1) is 23.8. The number of fused-ring (bicyclic) bond motifs is 4. The zero-order valence-electron chi connectivity index (χ0n) is 27.4. The molecule has 51 heavy (non-hydrogen) atoms. The minimum absolute atomic E-state index is 0. The van der Waals surface area contributed by atoms with Crippen molar-refractivity contribution in [3.8, 4) is 44.9 Å². The summed E-state index contributed by atoms with van der Waals surface area (Å²) in [4.78, 5) is 0. The number of rotatable bonds is 4. The Morgan fingerprint density at radius 1 is 0.353 bits per heavy atom. The van der Waals surface area contributed by atoms with Crippen LogP contribution in [0.5, 0.6) is 0 Å². The number of halogens is 2. The average Bonchev–Trinajstić information content (AvgIpc) is 3.97. The molecule has 8 aromatic carbocycles. The standard InChI is InChI=1S/2C23H15O.2ClH.Hf/c2*1-3-10-18-16(7-1)9-5-12-20(18)23-19-11-4-2-8-17(19)15-21(23)22-13-6-14-24-22;;;/h2*1-15H;2*1H;/q2*-1;;;+4/p-2. The molecule has 244 valence electrons. The van der Waals surface area contributed by atoms with Gasteiger partial charge in [-0.15, -0.1) is 45.8 Å². The summed E-state index contributed by atoms with van der Waals surface area (Å²) in [6, 6.07) is 59.6. The third kappa shape index (κ3) is 6.54. The molecule has 0 N–H and O–H groups in total. The first-order valence-corrected chi connectivity index (χ1v) is 16.2. The van der Waals surface area contributed by atoms with Crippen molar-refractivity contribution >= 4 is 43.1 Å². The maximum absolute atomic E-state index is 5.72. The van der Waals surface area contributed by atoms with Crippen LogP contribution in [-0.4, -0.2) is 0 Å². The molecule has 0 atom stereocenters. The maximum atomic E-state index is 5.72. The van der Waals surface area contributed by atoms with E-state index in [0.29, 0.717) is 0 Å². The average molecular weight is 864 g/mol. The minimum atomic E-state index is 0. The maximum Gasteiger partial charge on any atom is 4.00 e. The first kappa shape index (κ1) is 35.9. The summed E-state index contributed by atoms with van der Waals surface area (Å²) in [7, 11) is 0. The van der Waals surface area contributed by atoms with Gasteiger partial charge in [0, 0.05) is 0 Å².